The summed E-state index contributed by atoms with van der Waals surface area (Å²) in [6, 6.07) is 9.46. The summed E-state index contributed by atoms with van der Waals surface area (Å²) in [5.41, 5.74) is 2.32. The monoisotopic (exact) mass is 246 g/mol. The molecule has 0 atom stereocenters. The zero-order valence-electron chi connectivity index (χ0n) is 10.7. The van der Waals surface area contributed by atoms with Crippen molar-refractivity contribution < 1.29 is 5.11 Å². The maximum absolute atomic E-state index is 12.3. The Balaban J connectivity index is 2.57. The fourth-order valence-electron chi connectivity index (χ4n) is 2.08. The second-order valence-corrected chi connectivity index (χ2v) is 4.61. The number of para-hydroxylation sites is 1. The number of aliphatic hydroxyl groups is 1. The average molecular weight is 246 g/mol. The van der Waals surface area contributed by atoms with E-state index < -0.39 is 0 Å². The molecule has 0 spiro atoms. The molecule has 0 aliphatic rings. The van der Waals surface area contributed by atoms with Gasteiger partial charge in [-0.25, -0.2) is 4.68 Å². The van der Waals surface area contributed by atoms with Crippen LogP contribution >= 0.6 is 0 Å². The Hall–Kier alpha value is -1.81. The molecule has 96 valence electrons. The minimum Gasteiger partial charge on any atom is -0.396 e. The summed E-state index contributed by atoms with van der Waals surface area (Å²) in [4.78, 5) is 12.3. The molecule has 1 aromatic heterocycles. The maximum Gasteiger partial charge on any atom is 0.274 e. The Morgan fingerprint density at radius 3 is 2.50 bits per heavy atom. The Labute approximate surface area is 106 Å². The molecule has 0 unspecified atom stereocenters. The van der Waals surface area contributed by atoms with Crippen molar-refractivity contribution in [1.82, 2.24) is 9.78 Å². The quantitative estimate of drug-likeness (QED) is 0.864. The van der Waals surface area contributed by atoms with Gasteiger partial charge in [0.2, 0.25) is 0 Å². The number of hydrogen-bond acceptors (Lipinski definition) is 2. The fraction of sp³-hybridized carbons (Fsp3) is 0.357. The van der Waals surface area contributed by atoms with Gasteiger partial charge in [-0.05, 0) is 18.1 Å². The number of aromatic nitrogens is 2. The van der Waals surface area contributed by atoms with E-state index in [4.69, 9.17) is 5.11 Å². The summed E-state index contributed by atoms with van der Waals surface area (Å²) in [6.07, 6.45) is 0.392. The summed E-state index contributed by atoms with van der Waals surface area (Å²) in [7, 11) is 0. The predicted octanol–water partition coefficient (Wildman–Crippen LogP) is 1.82. The standard InChI is InChI=1S/C14H18N2O2/c1-10(2)13-12(8-9-17)14(18)16(15-13)11-6-4-3-5-7-11/h3-7,10,15,17H,8-9H2,1-2H3. The van der Waals surface area contributed by atoms with Crippen LogP contribution < -0.4 is 5.56 Å². The van der Waals surface area contributed by atoms with E-state index >= 15 is 0 Å². The predicted molar refractivity (Wildman–Crippen MR) is 71.3 cm³/mol. The Morgan fingerprint density at radius 1 is 1.28 bits per heavy atom. The molecule has 0 amide bonds. The number of H-pyrrole nitrogens is 1. The smallest absolute Gasteiger partial charge is 0.274 e. The van der Waals surface area contributed by atoms with Crippen LogP contribution in [0.25, 0.3) is 5.69 Å². The molecule has 2 rings (SSSR count). The largest absolute Gasteiger partial charge is 0.396 e. The van der Waals surface area contributed by atoms with Gasteiger partial charge in [0.05, 0.1) is 5.69 Å². The third-order valence-electron chi connectivity index (χ3n) is 2.97. The van der Waals surface area contributed by atoms with Crippen molar-refractivity contribution in [2.45, 2.75) is 26.2 Å². The van der Waals surface area contributed by atoms with Crippen molar-refractivity contribution in [2.24, 2.45) is 0 Å². The number of nitrogens with zero attached hydrogens (tertiary/aromatic N) is 1. The van der Waals surface area contributed by atoms with Crippen molar-refractivity contribution in [3.63, 3.8) is 0 Å². The lowest BCUT2D eigenvalue weighted by Gasteiger charge is -2.04. The molecule has 4 heteroatoms. The number of hydrogen-bond donors (Lipinski definition) is 2. The van der Waals surface area contributed by atoms with Crippen molar-refractivity contribution in [2.75, 3.05) is 6.61 Å². The van der Waals surface area contributed by atoms with Crippen LogP contribution in [0.1, 0.15) is 31.0 Å². The number of benzene rings is 1. The zero-order chi connectivity index (χ0) is 13.1. The normalized spacial score (nSPS) is 11.1. The molecule has 0 fully saturated rings. The van der Waals surface area contributed by atoms with Gasteiger partial charge in [0.25, 0.3) is 5.56 Å². The second kappa shape index (κ2) is 5.23. The molecule has 0 saturated heterocycles. The fourth-order valence-corrected chi connectivity index (χ4v) is 2.08. The summed E-state index contributed by atoms with van der Waals surface area (Å²) in [6.45, 7) is 4.05. The van der Waals surface area contributed by atoms with Gasteiger partial charge in [0, 0.05) is 24.3 Å². The van der Waals surface area contributed by atoms with Crippen LogP contribution in [0.2, 0.25) is 0 Å². The first-order valence-electron chi connectivity index (χ1n) is 6.15. The molecular weight excluding hydrogens is 228 g/mol. The third kappa shape index (κ3) is 2.24. The first kappa shape index (κ1) is 12.6. The van der Waals surface area contributed by atoms with Crippen LogP contribution in [0.3, 0.4) is 0 Å². The number of rotatable bonds is 4. The van der Waals surface area contributed by atoms with Crippen LogP contribution in [-0.2, 0) is 6.42 Å². The van der Waals surface area contributed by atoms with Gasteiger partial charge >= 0.3 is 0 Å². The minimum atomic E-state index is -0.0704. The van der Waals surface area contributed by atoms with E-state index in [9.17, 15) is 4.79 Å². The Bertz CT molecular complexity index is 567. The van der Waals surface area contributed by atoms with E-state index in [2.05, 4.69) is 5.10 Å². The summed E-state index contributed by atoms with van der Waals surface area (Å²) in [5, 5.41) is 12.2. The van der Waals surface area contributed by atoms with E-state index in [1.54, 1.807) is 4.68 Å². The van der Waals surface area contributed by atoms with E-state index in [1.807, 2.05) is 44.2 Å². The molecule has 1 aromatic carbocycles. The van der Waals surface area contributed by atoms with E-state index in [1.165, 1.54) is 0 Å². The number of aliphatic hydroxyl groups excluding tert-OH is 1. The Morgan fingerprint density at radius 2 is 1.94 bits per heavy atom. The van der Waals surface area contributed by atoms with Crippen LogP contribution in [0.5, 0.6) is 0 Å². The molecule has 0 radical (unpaired) electrons. The highest BCUT2D eigenvalue weighted by atomic mass is 16.3. The summed E-state index contributed by atoms with van der Waals surface area (Å²) < 4.78 is 1.54. The van der Waals surface area contributed by atoms with Crippen molar-refractivity contribution in [3.05, 3.63) is 51.9 Å². The number of nitrogens with one attached hydrogen (secondary N) is 1. The lowest BCUT2D eigenvalue weighted by Crippen LogP contribution is -2.18. The van der Waals surface area contributed by atoms with Gasteiger partial charge in [-0.1, -0.05) is 32.0 Å². The summed E-state index contributed by atoms with van der Waals surface area (Å²) >= 11 is 0. The molecule has 4 nitrogen and oxygen atoms in total. The maximum atomic E-state index is 12.3. The van der Waals surface area contributed by atoms with Crippen molar-refractivity contribution in [3.8, 4) is 5.69 Å². The highest BCUT2D eigenvalue weighted by Crippen LogP contribution is 2.16. The molecule has 0 bridgehead atoms. The molecule has 2 aromatic rings. The van der Waals surface area contributed by atoms with Gasteiger partial charge in [0.1, 0.15) is 0 Å². The van der Waals surface area contributed by atoms with Crippen molar-refractivity contribution >= 4 is 0 Å². The lowest BCUT2D eigenvalue weighted by atomic mass is 10.0. The van der Waals surface area contributed by atoms with Crippen LogP contribution in [-0.4, -0.2) is 21.5 Å². The van der Waals surface area contributed by atoms with Gasteiger partial charge in [0.15, 0.2) is 0 Å². The molecule has 1 heterocycles. The topological polar surface area (TPSA) is 58.0 Å². The molecule has 0 aliphatic heterocycles. The zero-order valence-corrected chi connectivity index (χ0v) is 10.7. The third-order valence-corrected chi connectivity index (χ3v) is 2.97. The second-order valence-electron chi connectivity index (χ2n) is 4.61. The average Bonchev–Trinajstić information content (AvgIpc) is 2.69. The summed E-state index contributed by atoms with van der Waals surface area (Å²) in [5.74, 6) is 0.226. The van der Waals surface area contributed by atoms with Gasteiger partial charge < -0.3 is 5.11 Å². The molecule has 2 N–H and O–H groups in total. The van der Waals surface area contributed by atoms with Gasteiger partial charge in [-0.2, -0.15) is 0 Å². The lowest BCUT2D eigenvalue weighted by molar-refractivity contribution is 0.299. The molecule has 0 aliphatic carbocycles. The van der Waals surface area contributed by atoms with Gasteiger partial charge in [-0.15, -0.1) is 0 Å². The van der Waals surface area contributed by atoms with Crippen LogP contribution in [0.15, 0.2) is 35.1 Å². The minimum absolute atomic E-state index is 0.0123. The molecule has 0 saturated carbocycles. The van der Waals surface area contributed by atoms with E-state index in [-0.39, 0.29) is 18.1 Å². The van der Waals surface area contributed by atoms with Crippen molar-refractivity contribution in [1.29, 1.82) is 0 Å². The first-order valence-corrected chi connectivity index (χ1v) is 6.15. The van der Waals surface area contributed by atoms with E-state index in [0.29, 0.717) is 12.0 Å². The number of aromatic amines is 1. The van der Waals surface area contributed by atoms with Gasteiger partial charge in [-0.3, -0.25) is 9.89 Å². The Kier molecular flexibility index (Phi) is 3.67. The molecular formula is C14H18N2O2. The highest BCUT2D eigenvalue weighted by Gasteiger charge is 2.16. The van der Waals surface area contributed by atoms with E-state index in [0.717, 1.165) is 11.4 Å². The van der Waals surface area contributed by atoms with Crippen LogP contribution in [0, 0.1) is 0 Å². The first-order chi connectivity index (χ1) is 8.65. The SMILES string of the molecule is CC(C)c1[nH]n(-c2ccccc2)c(=O)c1CCO. The molecule has 18 heavy (non-hydrogen) atoms. The van der Waals surface area contributed by atoms with Crippen LogP contribution in [0.4, 0.5) is 0 Å². The highest BCUT2D eigenvalue weighted by molar-refractivity contribution is 5.33.